The molecule has 104 valence electrons. The molecule has 1 amide bonds. The van der Waals surface area contributed by atoms with Crippen molar-refractivity contribution in [2.45, 2.75) is 46.1 Å². The largest absolute Gasteiger partial charge is 0.443 e. The fourth-order valence-electron chi connectivity index (χ4n) is 2.36. The Morgan fingerprint density at radius 3 is 2.68 bits per heavy atom. The van der Waals surface area contributed by atoms with Crippen LogP contribution in [-0.2, 0) is 11.2 Å². The van der Waals surface area contributed by atoms with Crippen molar-refractivity contribution in [3.05, 3.63) is 27.7 Å². The number of ether oxygens (including phenoxy) is 1. The molecule has 0 N–H and O–H groups in total. The molecule has 0 unspecified atom stereocenters. The summed E-state index contributed by atoms with van der Waals surface area (Å²) in [7, 11) is 0. The lowest BCUT2D eigenvalue weighted by Gasteiger charge is -2.32. The number of halogens is 1. The molecule has 0 spiro atoms. The van der Waals surface area contributed by atoms with E-state index >= 15 is 0 Å². The number of anilines is 1. The van der Waals surface area contributed by atoms with E-state index in [2.05, 4.69) is 28.9 Å². The molecule has 0 radical (unpaired) electrons. The topological polar surface area (TPSA) is 29.5 Å². The summed E-state index contributed by atoms with van der Waals surface area (Å²) in [6, 6.07) is 4.10. The van der Waals surface area contributed by atoms with Crippen molar-refractivity contribution >= 4 is 27.7 Å². The highest BCUT2D eigenvalue weighted by Gasteiger charge is 2.28. The Hall–Kier alpha value is -1.03. The Labute approximate surface area is 123 Å². The maximum atomic E-state index is 12.3. The number of carbonyl (C=O) groups excluding carboxylic acids is 1. The quantitative estimate of drug-likeness (QED) is 0.705. The van der Waals surface area contributed by atoms with Gasteiger partial charge in [0, 0.05) is 11.0 Å². The fraction of sp³-hybridized carbons (Fsp3) is 0.533. The first kappa shape index (κ1) is 14.4. The van der Waals surface area contributed by atoms with E-state index in [9.17, 15) is 4.79 Å². The molecule has 1 aromatic carbocycles. The van der Waals surface area contributed by atoms with Gasteiger partial charge in [0.25, 0.3) is 0 Å². The predicted octanol–water partition coefficient (Wildman–Crippen LogP) is 4.45. The summed E-state index contributed by atoms with van der Waals surface area (Å²) in [5.41, 5.74) is 2.99. The molecule has 1 aliphatic heterocycles. The maximum Gasteiger partial charge on any atom is 0.414 e. The molecule has 0 atom stereocenters. The van der Waals surface area contributed by atoms with E-state index in [-0.39, 0.29) is 6.09 Å². The van der Waals surface area contributed by atoms with E-state index in [0.717, 1.165) is 29.5 Å². The molecule has 0 bridgehead atoms. The number of nitrogens with zero attached hydrogens (tertiary/aromatic N) is 1. The van der Waals surface area contributed by atoms with Gasteiger partial charge in [-0.05, 0) is 63.8 Å². The van der Waals surface area contributed by atoms with Crippen LogP contribution < -0.4 is 4.90 Å². The van der Waals surface area contributed by atoms with Crippen LogP contribution in [0.1, 0.15) is 38.3 Å². The number of benzene rings is 1. The first-order valence-electron chi connectivity index (χ1n) is 6.57. The van der Waals surface area contributed by atoms with Gasteiger partial charge in [0.2, 0.25) is 0 Å². The van der Waals surface area contributed by atoms with Crippen LogP contribution in [0.25, 0.3) is 0 Å². The molecule has 0 saturated carbocycles. The molecule has 3 nitrogen and oxygen atoms in total. The summed E-state index contributed by atoms with van der Waals surface area (Å²) >= 11 is 3.50. The van der Waals surface area contributed by atoms with Crippen LogP contribution in [0.4, 0.5) is 10.5 Å². The summed E-state index contributed by atoms with van der Waals surface area (Å²) in [5.74, 6) is 0. The highest BCUT2D eigenvalue weighted by atomic mass is 79.9. The molecule has 1 aromatic rings. The lowest BCUT2D eigenvalue weighted by Crippen LogP contribution is -2.40. The number of hydrogen-bond donors (Lipinski definition) is 0. The van der Waals surface area contributed by atoms with Gasteiger partial charge >= 0.3 is 6.09 Å². The zero-order valence-corrected chi connectivity index (χ0v) is 13.5. The van der Waals surface area contributed by atoms with Crippen LogP contribution in [0.5, 0.6) is 0 Å². The van der Waals surface area contributed by atoms with Crippen LogP contribution in [0.3, 0.4) is 0 Å². The van der Waals surface area contributed by atoms with Crippen molar-refractivity contribution in [2.75, 3.05) is 11.4 Å². The Balaban J connectivity index is 2.34. The molecule has 2 rings (SSSR count). The maximum absolute atomic E-state index is 12.3. The fourth-order valence-corrected chi connectivity index (χ4v) is 2.92. The van der Waals surface area contributed by atoms with Crippen LogP contribution in [0.2, 0.25) is 0 Å². The van der Waals surface area contributed by atoms with Crippen LogP contribution >= 0.6 is 15.9 Å². The molecule has 0 saturated heterocycles. The van der Waals surface area contributed by atoms with Gasteiger partial charge in [-0.25, -0.2) is 4.79 Å². The first-order chi connectivity index (χ1) is 8.78. The summed E-state index contributed by atoms with van der Waals surface area (Å²) < 4.78 is 6.48. The van der Waals surface area contributed by atoms with E-state index in [1.807, 2.05) is 26.8 Å². The monoisotopic (exact) mass is 325 g/mol. The highest BCUT2D eigenvalue weighted by Crippen LogP contribution is 2.33. The SMILES string of the molecule is Cc1cc(Br)cc2c1CCCN2C(=O)OC(C)(C)C. The van der Waals surface area contributed by atoms with E-state index in [1.165, 1.54) is 11.1 Å². The van der Waals surface area contributed by atoms with E-state index < -0.39 is 5.60 Å². The zero-order valence-electron chi connectivity index (χ0n) is 11.9. The van der Waals surface area contributed by atoms with E-state index in [4.69, 9.17) is 4.74 Å². The van der Waals surface area contributed by atoms with E-state index in [1.54, 1.807) is 4.90 Å². The Morgan fingerprint density at radius 2 is 2.05 bits per heavy atom. The molecule has 0 fully saturated rings. The van der Waals surface area contributed by atoms with Crippen molar-refractivity contribution in [3.63, 3.8) is 0 Å². The smallest absolute Gasteiger partial charge is 0.414 e. The summed E-state index contributed by atoms with van der Waals surface area (Å²) in [6.45, 7) is 8.48. The van der Waals surface area contributed by atoms with Gasteiger partial charge < -0.3 is 4.74 Å². The molecule has 19 heavy (non-hydrogen) atoms. The predicted molar refractivity (Wildman–Crippen MR) is 80.8 cm³/mol. The average Bonchev–Trinajstić information content (AvgIpc) is 2.25. The van der Waals surface area contributed by atoms with Crippen LogP contribution in [0, 0.1) is 6.92 Å². The van der Waals surface area contributed by atoms with Crippen LogP contribution in [-0.4, -0.2) is 18.2 Å². The Kier molecular flexibility index (Phi) is 3.90. The van der Waals surface area contributed by atoms with Gasteiger partial charge in [-0.3, -0.25) is 4.90 Å². The molecule has 0 aromatic heterocycles. The van der Waals surface area contributed by atoms with Gasteiger partial charge in [0.1, 0.15) is 5.60 Å². The third kappa shape index (κ3) is 3.30. The van der Waals surface area contributed by atoms with Crippen LogP contribution in [0.15, 0.2) is 16.6 Å². The number of aryl methyl sites for hydroxylation is 1. The zero-order chi connectivity index (χ0) is 14.2. The number of rotatable bonds is 0. The number of amides is 1. The summed E-state index contributed by atoms with van der Waals surface area (Å²) in [6.07, 6.45) is 1.74. The first-order valence-corrected chi connectivity index (χ1v) is 7.37. The minimum absolute atomic E-state index is 0.258. The second-order valence-electron chi connectivity index (χ2n) is 5.96. The normalized spacial score (nSPS) is 15.1. The second kappa shape index (κ2) is 5.16. The molecular formula is C15H20BrNO2. The summed E-state index contributed by atoms with van der Waals surface area (Å²) in [5, 5.41) is 0. The standard InChI is InChI=1S/C15H20BrNO2/c1-10-8-11(16)9-13-12(10)6-5-7-17(13)14(18)19-15(2,3)4/h8-9H,5-7H2,1-4H3. The van der Waals surface area contributed by atoms with Gasteiger partial charge in [-0.15, -0.1) is 0 Å². The number of fused-ring (bicyclic) bond motifs is 1. The van der Waals surface area contributed by atoms with Crippen molar-refractivity contribution in [1.82, 2.24) is 0 Å². The molecule has 1 heterocycles. The molecule has 0 aliphatic carbocycles. The highest BCUT2D eigenvalue weighted by molar-refractivity contribution is 9.10. The summed E-state index contributed by atoms with van der Waals surface area (Å²) in [4.78, 5) is 14.0. The van der Waals surface area contributed by atoms with Crippen molar-refractivity contribution in [1.29, 1.82) is 0 Å². The minimum Gasteiger partial charge on any atom is -0.443 e. The average molecular weight is 326 g/mol. The third-order valence-electron chi connectivity index (χ3n) is 3.13. The third-order valence-corrected chi connectivity index (χ3v) is 3.59. The number of carbonyl (C=O) groups is 1. The number of hydrogen-bond acceptors (Lipinski definition) is 2. The van der Waals surface area contributed by atoms with Crippen molar-refractivity contribution < 1.29 is 9.53 Å². The van der Waals surface area contributed by atoms with Crippen molar-refractivity contribution in [2.24, 2.45) is 0 Å². The lowest BCUT2D eigenvalue weighted by molar-refractivity contribution is 0.0578. The molecule has 1 aliphatic rings. The van der Waals surface area contributed by atoms with Crippen molar-refractivity contribution in [3.8, 4) is 0 Å². The van der Waals surface area contributed by atoms with E-state index in [0.29, 0.717) is 0 Å². The van der Waals surface area contributed by atoms with Gasteiger partial charge in [0.05, 0.1) is 5.69 Å². The van der Waals surface area contributed by atoms with Gasteiger partial charge in [0.15, 0.2) is 0 Å². The van der Waals surface area contributed by atoms with Gasteiger partial charge in [-0.2, -0.15) is 0 Å². The van der Waals surface area contributed by atoms with Gasteiger partial charge in [-0.1, -0.05) is 15.9 Å². The Morgan fingerprint density at radius 1 is 1.37 bits per heavy atom. The Bertz CT molecular complexity index is 506. The second-order valence-corrected chi connectivity index (χ2v) is 6.87. The minimum atomic E-state index is -0.463. The molecular weight excluding hydrogens is 306 g/mol. The lowest BCUT2D eigenvalue weighted by atomic mass is 9.97. The molecule has 4 heteroatoms.